The highest BCUT2D eigenvalue weighted by Crippen LogP contribution is 2.24. The molecule has 0 unspecified atom stereocenters. The first-order chi connectivity index (χ1) is 12.7. The number of anilines is 1. The molecule has 2 aromatic carbocycles. The molecule has 0 atom stereocenters. The molecule has 1 heterocycles. The van der Waals surface area contributed by atoms with Gasteiger partial charge in [-0.1, -0.05) is 23.7 Å². The van der Waals surface area contributed by atoms with Crippen LogP contribution in [0, 0.1) is 0 Å². The third kappa shape index (κ3) is 4.08. The first kappa shape index (κ1) is 19.2. The molecule has 0 spiro atoms. The monoisotopic (exact) mass is 420 g/mol. The van der Waals surface area contributed by atoms with Crippen LogP contribution in [0.1, 0.15) is 5.56 Å². The van der Waals surface area contributed by atoms with E-state index >= 15 is 0 Å². The molecule has 1 aliphatic rings. The van der Waals surface area contributed by atoms with E-state index in [2.05, 4.69) is 5.32 Å². The largest absolute Gasteiger partial charge is 0.298 e. The lowest BCUT2D eigenvalue weighted by molar-refractivity contribution is -0.122. The van der Waals surface area contributed by atoms with Crippen molar-refractivity contribution in [2.45, 2.75) is 4.90 Å². The summed E-state index contributed by atoms with van der Waals surface area (Å²) in [6.07, 6.45) is 2.48. The summed E-state index contributed by atoms with van der Waals surface area (Å²) >= 11 is 11.0. The number of hydrogen-bond donors (Lipinski definition) is 1. The van der Waals surface area contributed by atoms with E-state index in [9.17, 15) is 18.0 Å². The van der Waals surface area contributed by atoms with E-state index in [1.807, 2.05) is 0 Å². The van der Waals surface area contributed by atoms with Crippen molar-refractivity contribution in [3.63, 3.8) is 0 Å². The van der Waals surface area contributed by atoms with Crippen LogP contribution in [0.2, 0.25) is 5.02 Å². The van der Waals surface area contributed by atoms with Crippen LogP contribution < -0.4 is 10.2 Å². The number of hydrogen-bond acceptors (Lipinski definition) is 5. The molecule has 1 fully saturated rings. The van der Waals surface area contributed by atoms with Crippen molar-refractivity contribution in [1.29, 1.82) is 0 Å². The summed E-state index contributed by atoms with van der Waals surface area (Å²) in [6, 6.07) is 12.3. The number of nitrogens with zero attached hydrogens (tertiary/aromatic N) is 1. The maximum atomic E-state index is 12.8. The van der Waals surface area contributed by atoms with Crippen molar-refractivity contribution in [1.82, 2.24) is 5.32 Å². The van der Waals surface area contributed by atoms with E-state index in [0.717, 1.165) is 6.26 Å². The second-order valence-corrected chi connectivity index (χ2v) is 8.61. The first-order valence-corrected chi connectivity index (χ1v) is 10.3. The first-order valence-electron chi connectivity index (χ1n) is 7.64. The number of rotatable bonds is 3. The van der Waals surface area contributed by atoms with Gasteiger partial charge in [0.25, 0.3) is 11.8 Å². The fourth-order valence-electron chi connectivity index (χ4n) is 2.46. The lowest BCUT2D eigenvalue weighted by atomic mass is 10.1. The molecule has 2 aromatic rings. The second-order valence-electron chi connectivity index (χ2n) is 5.78. The highest BCUT2D eigenvalue weighted by atomic mass is 35.5. The molecule has 1 aliphatic heterocycles. The van der Waals surface area contributed by atoms with Crippen molar-refractivity contribution in [2.24, 2.45) is 0 Å². The molecule has 0 aliphatic carbocycles. The third-order valence-electron chi connectivity index (χ3n) is 3.81. The summed E-state index contributed by atoms with van der Waals surface area (Å²) in [4.78, 5) is 26.4. The Balaban J connectivity index is 1.97. The summed E-state index contributed by atoms with van der Waals surface area (Å²) in [6.45, 7) is 0. The predicted octanol–water partition coefficient (Wildman–Crippen LogP) is 2.57. The lowest BCUT2D eigenvalue weighted by Crippen LogP contribution is -2.54. The smallest absolute Gasteiger partial charge is 0.270 e. The Labute approximate surface area is 166 Å². The van der Waals surface area contributed by atoms with Crippen molar-refractivity contribution in [2.75, 3.05) is 11.2 Å². The quantitative estimate of drug-likeness (QED) is 0.468. The zero-order valence-electron chi connectivity index (χ0n) is 14.0. The number of carbonyl (C=O) groups is 2. The van der Waals surface area contributed by atoms with Crippen LogP contribution in [0.25, 0.3) is 6.08 Å². The van der Waals surface area contributed by atoms with Gasteiger partial charge in [0.15, 0.2) is 14.9 Å². The average Bonchev–Trinajstić information content (AvgIpc) is 2.60. The minimum absolute atomic E-state index is 0.0307. The molecule has 3 rings (SSSR count). The number of carbonyl (C=O) groups excluding carboxylic acids is 2. The van der Waals surface area contributed by atoms with Gasteiger partial charge in [0.05, 0.1) is 10.6 Å². The molecule has 0 aromatic heterocycles. The zero-order chi connectivity index (χ0) is 19.8. The Morgan fingerprint density at radius 3 is 2.19 bits per heavy atom. The molecule has 138 valence electrons. The Kier molecular flexibility index (Phi) is 5.14. The van der Waals surface area contributed by atoms with Crippen molar-refractivity contribution in [3.8, 4) is 0 Å². The van der Waals surface area contributed by atoms with Crippen molar-refractivity contribution < 1.29 is 18.0 Å². The van der Waals surface area contributed by atoms with Crippen LogP contribution in [-0.4, -0.2) is 31.6 Å². The Bertz CT molecular complexity index is 1080. The molecular formula is C18H13ClN2O4S2. The maximum absolute atomic E-state index is 12.8. The van der Waals surface area contributed by atoms with Crippen LogP contribution in [0.5, 0.6) is 0 Å². The summed E-state index contributed by atoms with van der Waals surface area (Å²) in [5.74, 6) is -1.21. The van der Waals surface area contributed by atoms with Gasteiger partial charge in [-0.15, -0.1) is 0 Å². The van der Waals surface area contributed by atoms with Gasteiger partial charge in [-0.25, -0.2) is 8.42 Å². The standard InChI is InChI=1S/C18H13ClN2O4S2/c1-27(24,25)14-8-2-11(3-9-14)10-15-16(22)20-18(26)21(17(15)23)13-6-4-12(19)5-7-13/h2-10H,1H3,(H,20,22,26)/b15-10-. The number of halogens is 1. The van der Waals surface area contributed by atoms with Gasteiger partial charge in [0.1, 0.15) is 5.57 Å². The van der Waals surface area contributed by atoms with Gasteiger partial charge in [-0.3, -0.25) is 19.8 Å². The van der Waals surface area contributed by atoms with E-state index in [-0.39, 0.29) is 15.6 Å². The number of benzene rings is 2. The van der Waals surface area contributed by atoms with Gasteiger partial charge < -0.3 is 0 Å². The SMILES string of the molecule is CS(=O)(=O)c1ccc(/C=C2/C(=O)NC(=S)N(c3ccc(Cl)cc3)C2=O)cc1. The van der Waals surface area contributed by atoms with E-state index in [1.165, 1.54) is 35.2 Å². The molecule has 2 amide bonds. The molecule has 27 heavy (non-hydrogen) atoms. The Morgan fingerprint density at radius 1 is 1.04 bits per heavy atom. The molecule has 6 nitrogen and oxygen atoms in total. The van der Waals surface area contributed by atoms with Crippen molar-refractivity contribution >= 4 is 62.3 Å². The van der Waals surface area contributed by atoms with Gasteiger partial charge in [0.2, 0.25) is 0 Å². The molecule has 1 saturated heterocycles. The average molecular weight is 421 g/mol. The minimum Gasteiger partial charge on any atom is -0.298 e. The van der Waals surface area contributed by atoms with E-state index in [4.69, 9.17) is 23.8 Å². The Hall–Kier alpha value is -2.55. The van der Waals surface area contributed by atoms with Crippen LogP contribution >= 0.6 is 23.8 Å². The number of amides is 2. The van der Waals surface area contributed by atoms with Crippen LogP contribution in [0.4, 0.5) is 5.69 Å². The van der Waals surface area contributed by atoms with E-state index < -0.39 is 21.7 Å². The topological polar surface area (TPSA) is 83.6 Å². The third-order valence-corrected chi connectivity index (χ3v) is 5.47. The Morgan fingerprint density at radius 2 is 1.63 bits per heavy atom. The summed E-state index contributed by atoms with van der Waals surface area (Å²) < 4.78 is 23.1. The van der Waals surface area contributed by atoms with E-state index in [0.29, 0.717) is 16.3 Å². The lowest BCUT2D eigenvalue weighted by Gasteiger charge is -2.28. The zero-order valence-corrected chi connectivity index (χ0v) is 16.4. The number of sulfone groups is 1. The number of nitrogens with one attached hydrogen (secondary N) is 1. The highest BCUT2D eigenvalue weighted by Gasteiger charge is 2.34. The van der Waals surface area contributed by atoms with Gasteiger partial charge in [0, 0.05) is 11.3 Å². The number of thiocarbonyl (C=S) groups is 1. The molecule has 0 saturated carbocycles. The minimum atomic E-state index is -3.33. The normalized spacial score (nSPS) is 16.6. The van der Waals surface area contributed by atoms with Crippen molar-refractivity contribution in [3.05, 3.63) is 64.7 Å². The summed E-state index contributed by atoms with van der Waals surface area (Å²) in [7, 11) is -3.33. The summed E-state index contributed by atoms with van der Waals surface area (Å²) in [5, 5.41) is 2.95. The molecule has 0 bridgehead atoms. The fraction of sp³-hybridized carbons (Fsp3) is 0.0556. The van der Waals surface area contributed by atoms with Gasteiger partial charge in [-0.05, 0) is 60.3 Å². The van der Waals surface area contributed by atoms with Crippen LogP contribution in [0.3, 0.4) is 0 Å². The molecular weight excluding hydrogens is 408 g/mol. The highest BCUT2D eigenvalue weighted by molar-refractivity contribution is 7.90. The van der Waals surface area contributed by atoms with E-state index in [1.54, 1.807) is 24.3 Å². The molecule has 9 heteroatoms. The molecule has 1 N–H and O–H groups in total. The van der Waals surface area contributed by atoms with Crippen LogP contribution in [-0.2, 0) is 19.4 Å². The summed E-state index contributed by atoms with van der Waals surface area (Å²) in [5.41, 5.74) is 0.850. The fourth-order valence-corrected chi connectivity index (χ4v) is 3.50. The second kappa shape index (κ2) is 7.22. The predicted molar refractivity (Wildman–Crippen MR) is 107 cm³/mol. The van der Waals surface area contributed by atoms with Gasteiger partial charge >= 0.3 is 0 Å². The van der Waals surface area contributed by atoms with Crippen LogP contribution in [0.15, 0.2) is 59.0 Å². The molecule has 0 radical (unpaired) electrons. The maximum Gasteiger partial charge on any atom is 0.270 e. The van der Waals surface area contributed by atoms with Gasteiger partial charge in [-0.2, -0.15) is 0 Å².